The van der Waals surface area contributed by atoms with Crippen LogP contribution in [0.25, 0.3) is 0 Å². The molecule has 3 unspecified atom stereocenters. The van der Waals surface area contributed by atoms with Crippen molar-refractivity contribution >= 4 is 0 Å². The van der Waals surface area contributed by atoms with Gasteiger partial charge < -0.3 is 5.32 Å². The molecular formula is C16H30N2. The smallest absolute Gasteiger partial charge is 0.0200 e. The molecule has 0 bridgehead atoms. The second-order valence-corrected chi connectivity index (χ2v) is 7.22. The third kappa shape index (κ3) is 3.08. The summed E-state index contributed by atoms with van der Waals surface area (Å²) in [5.74, 6) is 1.89. The molecule has 1 aliphatic heterocycles. The van der Waals surface area contributed by atoms with Gasteiger partial charge in [-0.15, -0.1) is 0 Å². The van der Waals surface area contributed by atoms with Crippen LogP contribution in [-0.4, -0.2) is 36.1 Å². The number of nitrogens with one attached hydrogen (secondary N) is 1. The Morgan fingerprint density at radius 2 is 1.72 bits per heavy atom. The van der Waals surface area contributed by atoms with E-state index in [0.717, 1.165) is 30.0 Å². The van der Waals surface area contributed by atoms with Crippen LogP contribution in [0, 0.1) is 11.8 Å². The summed E-state index contributed by atoms with van der Waals surface area (Å²) in [7, 11) is 0. The standard InChI is InChI=1S/C16H30N2/c1-12-9-16(17-15-5-3-4-6-15)11-18(10-12)13(2)14-7-8-14/h12-17H,3-11H2,1-2H3. The number of likely N-dealkylation sites (tertiary alicyclic amines) is 1. The van der Waals surface area contributed by atoms with Crippen molar-refractivity contribution in [1.82, 2.24) is 10.2 Å². The van der Waals surface area contributed by atoms with Crippen LogP contribution in [0.3, 0.4) is 0 Å². The predicted molar refractivity (Wildman–Crippen MR) is 76.7 cm³/mol. The second-order valence-electron chi connectivity index (χ2n) is 7.22. The lowest BCUT2D eigenvalue weighted by atomic mass is 9.93. The van der Waals surface area contributed by atoms with Crippen LogP contribution in [0.4, 0.5) is 0 Å². The van der Waals surface area contributed by atoms with Crippen molar-refractivity contribution in [3.8, 4) is 0 Å². The highest BCUT2D eigenvalue weighted by Crippen LogP contribution is 2.36. The normalized spacial score (nSPS) is 37.0. The molecule has 2 saturated carbocycles. The van der Waals surface area contributed by atoms with Gasteiger partial charge in [-0.2, -0.15) is 0 Å². The van der Waals surface area contributed by atoms with E-state index in [0.29, 0.717) is 0 Å². The van der Waals surface area contributed by atoms with Crippen molar-refractivity contribution in [1.29, 1.82) is 0 Å². The first kappa shape index (κ1) is 12.9. The van der Waals surface area contributed by atoms with Crippen LogP contribution in [0.15, 0.2) is 0 Å². The van der Waals surface area contributed by atoms with Gasteiger partial charge in [-0.05, 0) is 50.9 Å². The minimum Gasteiger partial charge on any atom is -0.310 e. The first-order chi connectivity index (χ1) is 8.72. The van der Waals surface area contributed by atoms with E-state index >= 15 is 0 Å². The lowest BCUT2D eigenvalue weighted by Crippen LogP contribution is -2.53. The minimum atomic E-state index is 0.762. The number of hydrogen-bond donors (Lipinski definition) is 1. The Morgan fingerprint density at radius 1 is 1.00 bits per heavy atom. The molecule has 2 aliphatic carbocycles. The maximum absolute atomic E-state index is 3.95. The third-order valence-electron chi connectivity index (χ3n) is 5.39. The quantitative estimate of drug-likeness (QED) is 0.825. The monoisotopic (exact) mass is 250 g/mol. The second kappa shape index (κ2) is 5.50. The summed E-state index contributed by atoms with van der Waals surface area (Å²) in [6.45, 7) is 7.54. The molecule has 1 saturated heterocycles. The molecule has 0 radical (unpaired) electrons. The van der Waals surface area contributed by atoms with E-state index in [9.17, 15) is 0 Å². The van der Waals surface area contributed by atoms with Crippen LogP contribution in [-0.2, 0) is 0 Å². The van der Waals surface area contributed by atoms with Crippen LogP contribution < -0.4 is 5.32 Å². The highest BCUT2D eigenvalue weighted by atomic mass is 15.2. The van der Waals surface area contributed by atoms with Gasteiger partial charge >= 0.3 is 0 Å². The zero-order chi connectivity index (χ0) is 12.5. The third-order valence-corrected chi connectivity index (χ3v) is 5.39. The van der Waals surface area contributed by atoms with E-state index in [1.54, 1.807) is 0 Å². The van der Waals surface area contributed by atoms with Crippen LogP contribution in [0.2, 0.25) is 0 Å². The van der Waals surface area contributed by atoms with E-state index in [2.05, 4.69) is 24.1 Å². The lowest BCUT2D eigenvalue weighted by Gasteiger charge is -2.41. The van der Waals surface area contributed by atoms with E-state index in [1.807, 2.05) is 0 Å². The lowest BCUT2D eigenvalue weighted by molar-refractivity contribution is 0.0965. The van der Waals surface area contributed by atoms with Gasteiger partial charge in [-0.3, -0.25) is 4.90 Å². The first-order valence-electron chi connectivity index (χ1n) is 8.22. The molecule has 2 heteroatoms. The summed E-state index contributed by atoms with van der Waals surface area (Å²) in [6.07, 6.45) is 10.1. The van der Waals surface area contributed by atoms with E-state index in [4.69, 9.17) is 0 Å². The summed E-state index contributed by atoms with van der Waals surface area (Å²) in [5.41, 5.74) is 0. The highest BCUT2D eigenvalue weighted by molar-refractivity contribution is 4.92. The topological polar surface area (TPSA) is 15.3 Å². The van der Waals surface area contributed by atoms with Crippen molar-refractivity contribution in [3.63, 3.8) is 0 Å². The summed E-state index contributed by atoms with van der Waals surface area (Å²) in [6, 6.07) is 2.43. The Bertz CT molecular complexity index is 268. The van der Waals surface area contributed by atoms with Crippen molar-refractivity contribution in [3.05, 3.63) is 0 Å². The average molecular weight is 250 g/mol. The number of hydrogen-bond acceptors (Lipinski definition) is 2. The van der Waals surface area contributed by atoms with Crippen molar-refractivity contribution in [2.24, 2.45) is 11.8 Å². The minimum absolute atomic E-state index is 0.762. The Balaban J connectivity index is 1.53. The first-order valence-corrected chi connectivity index (χ1v) is 8.22. The molecule has 3 aliphatic rings. The zero-order valence-electron chi connectivity index (χ0n) is 12.2. The van der Waals surface area contributed by atoms with Gasteiger partial charge in [0.2, 0.25) is 0 Å². The van der Waals surface area contributed by atoms with Gasteiger partial charge in [0, 0.05) is 31.2 Å². The highest BCUT2D eigenvalue weighted by Gasteiger charge is 2.36. The Morgan fingerprint density at radius 3 is 2.39 bits per heavy atom. The maximum atomic E-state index is 3.95. The van der Waals surface area contributed by atoms with Gasteiger partial charge in [0.15, 0.2) is 0 Å². The molecule has 1 N–H and O–H groups in total. The fourth-order valence-corrected chi connectivity index (χ4v) is 4.15. The number of nitrogens with zero attached hydrogens (tertiary/aromatic N) is 1. The number of rotatable bonds is 4. The van der Waals surface area contributed by atoms with Gasteiger partial charge in [0.05, 0.1) is 0 Å². The molecular weight excluding hydrogens is 220 g/mol. The predicted octanol–water partition coefficient (Wildman–Crippen LogP) is 3.03. The van der Waals surface area contributed by atoms with E-state index in [-0.39, 0.29) is 0 Å². The summed E-state index contributed by atoms with van der Waals surface area (Å²) in [4.78, 5) is 2.78. The molecule has 2 nitrogen and oxygen atoms in total. The molecule has 3 atom stereocenters. The Hall–Kier alpha value is -0.0800. The molecule has 3 rings (SSSR count). The fourth-order valence-electron chi connectivity index (χ4n) is 4.15. The molecule has 0 amide bonds. The van der Waals surface area contributed by atoms with Crippen LogP contribution >= 0.6 is 0 Å². The molecule has 0 aromatic carbocycles. The number of piperidine rings is 1. The van der Waals surface area contributed by atoms with E-state index in [1.165, 1.54) is 58.0 Å². The van der Waals surface area contributed by atoms with Crippen LogP contribution in [0.5, 0.6) is 0 Å². The Labute approximate surface area is 113 Å². The van der Waals surface area contributed by atoms with Gasteiger partial charge in [-0.1, -0.05) is 19.8 Å². The Kier molecular flexibility index (Phi) is 3.95. The fraction of sp³-hybridized carbons (Fsp3) is 1.00. The summed E-state index contributed by atoms with van der Waals surface area (Å²) < 4.78 is 0. The molecule has 1 heterocycles. The molecule has 18 heavy (non-hydrogen) atoms. The van der Waals surface area contributed by atoms with Crippen molar-refractivity contribution in [2.45, 2.75) is 76.9 Å². The zero-order valence-corrected chi connectivity index (χ0v) is 12.2. The SMILES string of the molecule is CC1CC(NC2CCCC2)CN(C(C)C2CC2)C1. The van der Waals surface area contributed by atoms with Gasteiger partial charge in [0.1, 0.15) is 0 Å². The van der Waals surface area contributed by atoms with Crippen molar-refractivity contribution < 1.29 is 0 Å². The van der Waals surface area contributed by atoms with Crippen molar-refractivity contribution in [2.75, 3.05) is 13.1 Å². The largest absolute Gasteiger partial charge is 0.310 e. The summed E-state index contributed by atoms with van der Waals surface area (Å²) in [5, 5.41) is 3.95. The van der Waals surface area contributed by atoms with Gasteiger partial charge in [-0.25, -0.2) is 0 Å². The molecule has 3 fully saturated rings. The maximum Gasteiger partial charge on any atom is 0.0200 e. The molecule has 0 aromatic heterocycles. The summed E-state index contributed by atoms with van der Waals surface area (Å²) >= 11 is 0. The average Bonchev–Trinajstić information content (AvgIpc) is 3.07. The van der Waals surface area contributed by atoms with Gasteiger partial charge in [0.25, 0.3) is 0 Å². The van der Waals surface area contributed by atoms with E-state index < -0.39 is 0 Å². The molecule has 0 aromatic rings. The van der Waals surface area contributed by atoms with Crippen LogP contribution in [0.1, 0.15) is 58.8 Å². The molecule has 104 valence electrons. The molecule has 0 spiro atoms.